The van der Waals surface area contributed by atoms with Gasteiger partial charge in [0.15, 0.2) is 5.82 Å². The fourth-order valence-corrected chi connectivity index (χ4v) is 2.76. The first kappa shape index (κ1) is 11.3. The molecule has 3 aliphatic rings. The fourth-order valence-electron chi connectivity index (χ4n) is 2.76. The van der Waals surface area contributed by atoms with Gasteiger partial charge in [-0.25, -0.2) is 15.0 Å². The normalized spacial score (nSPS) is 19.9. The zero-order valence-electron chi connectivity index (χ0n) is 10.7. The van der Waals surface area contributed by atoms with Crippen LogP contribution in [0.25, 0.3) is 11.5 Å². The molecule has 0 amide bonds. The van der Waals surface area contributed by atoms with Crippen LogP contribution in [0.5, 0.6) is 0 Å². The summed E-state index contributed by atoms with van der Waals surface area (Å²) in [5.74, 6) is 2.49. The standard InChI is InChI=1S/C13H16N4O/c1-8-12-13(15-7-14-12)16-9(2)17(8)6-10-3-4-11(18)5-10/h7,10H,3-6H2,1-2H3. The van der Waals surface area contributed by atoms with E-state index in [1.54, 1.807) is 6.33 Å². The summed E-state index contributed by atoms with van der Waals surface area (Å²) in [6.45, 7) is 4.89. The van der Waals surface area contributed by atoms with Crippen LogP contribution in [0.3, 0.4) is 0 Å². The van der Waals surface area contributed by atoms with E-state index in [4.69, 9.17) is 0 Å². The maximum Gasteiger partial charge on any atom is 0.183 e. The SMILES string of the molecule is Cc1nc2ncnc-2c(C)n1CC1CCC(=O)C1. The molecular formula is C13H16N4O. The molecule has 18 heavy (non-hydrogen) atoms. The number of aromatic nitrogens is 4. The van der Waals surface area contributed by atoms with Gasteiger partial charge in [0, 0.05) is 25.1 Å². The monoisotopic (exact) mass is 244 g/mol. The average Bonchev–Trinajstić information content (AvgIpc) is 2.93. The molecular weight excluding hydrogens is 228 g/mol. The Morgan fingerprint density at radius 2 is 2.22 bits per heavy atom. The Labute approximate surface area is 106 Å². The number of nitrogens with zero attached hydrogens (tertiary/aromatic N) is 4. The predicted molar refractivity (Wildman–Crippen MR) is 66.3 cm³/mol. The minimum Gasteiger partial charge on any atom is -0.331 e. The predicted octanol–water partition coefficient (Wildman–Crippen LogP) is 1.76. The first-order chi connectivity index (χ1) is 8.65. The Morgan fingerprint density at radius 1 is 1.39 bits per heavy atom. The average molecular weight is 244 g/mol. The van der Waals surface area contributed by atoms with E-state index in [1.165, 1.54) is 0 Å². The molecule has 1 saturated carbocycles. The third-order valence-corrected chi connectivity index (χ3v) is 3.77. The Balaban J connectivity index is 1.96. The van der Waals surface area contributed by atoms with Crippen molar-refractivity contribution in [3.63, 3.8) is 0 Å². The van der Waals surface area contributed by atoms with Crippen LogP contribution in [0.1, 0.15) is 30.8 Å². The lowest BCUT2D eigenvalue weighted by Gasteiger charge is -2.19. The van der Waals surface area contributed by atoms with Gasteiger partial charge in [0.2, 0.25) is 0 Å². The number of carbonyl (C=O) groups excluding carboxylic acids is 1. The molecule has 3 rings (SSSR count). The summed E-state index contributed by atoms with van der Waals surface area (Å²) in [5.41, 5.74) is 1.96. The number of fused-ring (bicyclic) bond motifs is 1. The molecule has 0 aromatic rings. The minimum absolute atomic E-state index is 0.387. The highest BCUT2D eigenvalue weighted by atomic mass is 16.1. The second kappa shape index (κ2) is 4.15. The van der Waals surface area contributed by atoms with Crippen LogP contribution < -0.4 is 0 Å². The summed E-state index contributed by atoms with van der Waals surface area (Å²) in [6, 6.07) is 0. The van der Waals surface area contributed by atoms with Crippen molar-refractivity contribution in [3.05, 3.63) is 17.8 Å². The van der Waals surface area contributed by atoms with Gasteiger partial charge in [-0.3, -0.25) is 4.79 Å². The Kier molecular flexibility index (Phi) is 2.61. The zero-order valence-corrected chi connectivity index (χ0v) is 10.7. The number of carbonyl (C=O) groups is 1. The van der Waals surface area contributed by atoms with Crippen molar-refractivity contribution in [3.8, 4) is 11.5 Å². The first-order valence-electron chi connectivity index (χ1n) is 6.31. The van der Waals surface area contributed by atoms with E-state index >= 15 is 0 Å². The van der Waals surface area contributed by atoms with Crippen molar-refractivity contribution >= 4 is 5.78 Å². The summed E-state index contributed by atoms with van der Waals surface area (Å²) in [7, 11) is 0. The summed E-state index contributed by atoms with van der Waals surface area (Å²) in [4.78, 5) is 24.2. The highest BCUT2D eigenvalue weighted by molar-refractivity contribution is 5.80. The maximum atomic E-state index is 11.3. The van der Waals surface area contributed by atoms with E-state index in [2.05, 4.69) is 19.5 Å². The molecule has 0 N–H and O–H groups in total. The Hall–Kier alpha value is -1.78. The van der Waals surface area contributed by atoms with E-state index in [1.807, 2.05) is 13.8 Å². The number of imidazole rings is 1. The molecule has 5 heteroatoms. The lowest BCUT2D eigenvalue weighted by molar-refractivity contribution is -0.117. The van der Waals surface area contributed by atoms with E-state index in [9.17, 15) is 4.79 Å². The van der Waals surface area contributed by atoms with E-state index in [-0.39, 0.29) is 0 Å². The van der Waals surface area contributed by atoms with Crippen LogP contribution in [0.15, 0.2) is 6.33 Å². The largest absolute Gasteiger partial charge is 0.331 e. The van der Waals surface area contributed by atoms with Crippen molar-refractivity contribution in [1.29, 1.82) is 0 Å². The topological polar surface area (TPSA) is 60.7 Å². The Morgan fingerprint density at radius 3 is 2.94 bits per heavy atom. The fraction of sp³-hybridized carbons (Fsp3) is 0.538. The molecule has 1 aliphatic carbocycles. The summed E-state index contributed by atoms with van der Waals surface area (Å²) in [5, 5.41) is 0. The molecule has 1 atom stereocenters. The first-order valence-corrected chi connectivity index (χ1v) is 6.31. The van der Waals surface area contributed by atoms with Crippen LogP contribution in [-0.2, 0) is 11.3 Å². The van der Waals surface area contributed by atoms with Crippen molar-refractivity contribution in [2.75, 3.05) is 0 Å². The number of ketones is 1. The second-order valence-corrected chi connectivity index (χ2v) is 5.05. The Bertz CT molecular complexity index is 575. The minimum atomic E-state index is 0.387. The second-order valence-electron chi connectivity index (χ2n) is 5.05. The van der Waals surface area contributed by atoms with Crippen LogP contribution in [0.4, 0.5) is 0 Å². The molecule has 1 unspecified atom stereocenters. The molecule has 2 heterocycles. The van der Waals surface area contributed by atoms with Crippen LogP contribution >= 0.6 is 0 Å². The zero-order chi connectivity index (χ0) is 12.7. The number of aryl methyl sites for hydroxylation is 1. The molecule has 0 aromatic carbocycles. The molecule has 0 saturated heterocycles. The van der Waals surface area contributed by atoms with E-state index < -0.39 is 0 Å². The van der Waals surface area contributed by atoms with E-state index in [0.29, 0.717) is 23.9 Å². The van der Waals surface area contributed by atoms with Gasteiger partial charge in [0.25, 0.3) is 0 Å². The van der Waals surface area contributed by atoms with Gasteiger partial charge < -0.3 is 4.57 Å². The van der Waals surface area contributed by atoms with Gasteiger partial charge >= 0.3 is 0 Å². The van der Waals surface area contributed by atoms with Gasteiger partial charge in [-0.15, -0.1) is 0 Å². The van der Waals surface area contributed by atoms with Crippen molar-refractivity contribution in [2.45, 2.75) is 39.7 Å². The van der Waals surface area contributed by atoms with E-state index in [0.717, 1.165) is 36.6 Å². The molecule has 0 aromatic heterocycles. The van der Waals surface area contributed by atoms with Crippen LogP contribution in [0.2, 0.25) is 0 Å². The lowest BCUT2D eigenvalue weighted by atomic mass is 10.1. The van der Waals surface area contributed by atoms with Gasteiger partial charge in [-0.05, 0) is 26.2 Å². The van der Waals surface area contributed by atoms with Crippen LogP contribution in [0, 0.1) is 19.8 Å². The highest BCUT2D eigenvalue weighted by Crippen LogP contribution is 2.27. The number of rotatable bonds is 2. The number of hydrogen-bond donors (Lipinski definition) is 0. The van der Waals surface area contributed by atoms with Gasteiger partial charge in [-0.1, -0.05) is 0 Å². The highest BCUT2D eigenvalue weighted by Gasteiger charge is 2.24. The molecule has 0 spiro atoms. The van der Waals surface area contributed by atoms with Crippen LogP contribution in [-0.4, -0.2) is 25.3 Å². The van der Waals surface area contributed by atoms with Gasteiger partial charge in [-0.2, -0.15) is 0 Å². The molecule has 0 radical (unpaired) electrons. The van der Waals surface area contributed by atoms with Gasteiger partial charge in [0.05, 0.1) is 0 Å². The third-order valence-electron chi connectivity index (χ3n) is 3.77. The quantitative estimate of drug-likeness (QED) is 0.807. The van der Waals surface area contributed by atoms with Crippen molar-refractivity contribution in [2.24, 2.45) is 5.92 Å². The van der Waals surface area contributed by atoms with Crippen molar-refractivity contribution < 1.29 is 4.79 Å². The lowest BCUT2D eigenvalue weighted by Crippen LogP contribution is -2.17. The maximum absolute atomic E-state index is 11.3. The molecule has 5 nitrogen and oxygen atoms in total. The summed E-state index contributed by atoms with van der Waals surface area (Å²) in [6.07, 6.45) is 3.98. The molecule has 0 bridgehead atoms. The molecule has 2 aliphatic heterocycles. The van der Waals surface area contributed by atoms with Crippen molar-refractivity contribution in [1.82, 2.24) is 19.5 Å². The third kappa shape index (κ3) is 1.79. The molecule has 94 valence electrons. The summed E-state index contributed by atoms with van der Waals surface area (Å²) >= 11 is 0. The number of hydrogen-bond acceptors (Lipinski definition) is 4. The number of Topliss-reactive ketones (excluding diaryl/α,β-unsaturated/α-hetero) is 1. The molecule has 1 fully saturated rings. The summed E-state index contributed by atoms with van der Waals surface area (Å²) < 4.78 is 2.17. The van der Waals surface area contributed by atoms with Gasteiger partial charge in [0.1, 0.15) is 23.6 Å². The smallest absolute Gasteiger partial charge is 0.183 e.